The first kappa shape index (κ1) is 16.3. The van der Waals surface area contributed by atoms with E-state index < -0.39 is 23.7 Å². The van der Waals surface area contributed by atoms with Gasteiger partial charge in [0.05, 0.1) is 6.04 Å². The van der Waals surface area contributed by atoms with Crippen molar-refractivity contribution in [2.75, 3.05) is 4.90 Å². The number of aryl methyl sites for hydroxylation is 1. The Morgan fingerprint density at radius 3 is 2.21 bits per heavy atom. The summed E-state index contributed by atoms with van der Waals surface area (Å²) in [5.41, 5.74) is 1.83. The summed E-state index contributed by atoms with van der Waals surface area (Å²) in [7, 11) is 0. The number of carbonyl (C=O) groups is 2. The van der Waals surface area contributed by atoms with Crippen LogP contribution < -0.4 is 4.90 Å². The molecule has 0 aliphatic carbocycles. The third-order valence-corrected chi connectivity index (χ3v) is 4.47. The molecule has 1 amide bonds. The quantitative estimate of drug-likeness (QED) is 0.840. The minimum Gasteiger partial charge on any atom is -0.503 e. The maximum Gasteiger partial charge on any atom is 0.338 e. The molecule has 0 fully saturated rings. The second-order valence-electron chi connectivity index (χ2n) is 5.53. The van der Waals surface area contributed by atoms with Crippen LogP contribution in [0.25, 0.3) is 0 Å². The third kappa shape index (κ3) is 2.69. The number of amides is 1. The molecule has 3 rings (SSSR count). The average molecular weight is 388 g/mol. The van der Waals surface area contributed by atoms with Crippen molar-refractivity contribution in [3.8, 4) is 0 Å². The van der Waals surface area contributed by atoms with Crippen molar-refractivity contribution < 1.29 is 19.8 Å². The van der Waals surface area contributed by atoms with E-state index in [4.69, 9.17) is 0 Å². The normalized spacial score (nSPS) is 17.5. The van der Waals surface area contributed by atoms with Gasteiger partial charge in [-0.1, -0.05) is 45.8 Å². The summed E-state index contributed by atoms with van der Waals surface area (Å²) in [4.78, 5) is 25.4. The van der Waals surface area contributed by atoms with E-state index in [0.29, 0.717) is 11.3 Å². The predicted molar refractivity (Wildman–Crippen MR) is 92.8 cm³/mol. The zero-order chi connectivity index (χ0) is 17.4. The Morgan fingerprint density at radius 2 is 1.67 bits per heavy atom. The fraction of sp³-hybridized carbons (Fsp3) is 0.111. The average Bonchev–Trinajstić information content (AvgIpc) is 2.81. The lowest BCUT2D eigenvalue weighted by Crippen LogP contribution is -2.31. The topological polar surface area (TPSA) is 77.8 Å². The number of carboxylic acids is 1. The first-order chi connectivity index (χ1) is 11.4. The van der Waals surface area contributed by atoms with E-state index in [9.17, 15) is 19.8 Å². The lowest BCUT2D eigenvalue weighted by atomic mass is 9.99. The number of aliphatic hydroxyl groups is 1. The van der Waals surface area contributed by atoms with Gasteiger partial charge >= 0.3 is 5.97 Å². The molecule has 122 valence electrons. The Kier molecular flexibility index (Phi) is 4.15. The number of benzene rings is 2. The molecule has 1 atom stereocenters. The van der Waals surface area contributed by atoms with Crippen LogP contribution in [0.1, 0.15) is 17.2 Å². The van der Waals surface area contributed by atoms with Crippen molar-refractivity contribution in [2.45, 2.75) is 13.0 Å². The Bertz CT molecular complexity index is 840. The van der Waals surface area contributed by atoms with Gasteiger partial charge in [0.2, 0.25) is 0 Å². The molecule has 2 aromatic carbocycles. The van der Waals surface area contributed by atoms with Crippen LogP contribution in [0.3, 0.4) is 0 Å². The Balaban J connectivity index is 2.16. The number of aliphatic carboxylic acids is 1. The maximum absolute atomic E-state index is 12.5. The molecule has 0 saturated heterocycles. The lowest BCUT2D eigenvalue weighted by molar-refractivity contribution is -0.133. The smallest absolute Gasteiger partial charge is 0.338 e. The number of carboxylic acid groups (broad SMARTS) is 1. The molecule has 1 heterocycles. The van der Waals surface area contributed by atoms with Crippen LogP contribution in [0.15, 0.2) is 64.3 Å². The highest BCUT2D eigenvalue weighted by atomic mass is 79.9. The van der Waals surface area contributed by atoms with Gasteiger partial charge in [0, 0.05) is 10.2 Å². The van der Waals surface area contributed by atoms with E-state index >= 15 is 0 Å². The molecule has 1 aliphatic rings. The van der Waals surface area contributed by atoms with Crippen molar-refractivity contribution in [3.05, 3.63) is 75.5 Å². The number of carbonyl (C=O) groups excluding carboxylic acids is 1. The van der Waals surface area contributed by atoms with Crippen molar-refractivity contribution in [2.24, 2.45) is 0 Å². The third-order valence-electron chi connectivity index (χ3n) is 3.94. The summed E-state index contributed by atoms with van der Waals surface area (Å²) in [5, 5.41) is 19.6. The van der Waals surface area contributed by atoms with Gasteiger partial charge in [0.25, 0.3) is 5.91 Å². The molecule has 2 N–H and O–H groups in total. The molecule has 24 heavy (non-hydrogen) atoms. The minimum atomic E-state index is -1.32. The molecule has 1 unspecified atom stereocenters. The van der Waals surface area contributed by atoms with Gasteiger partial charge in [-0.2, -0.15) is 0 Å². The van der Waals surface area contributed by atoms with E-state index in [0.717, 1.165) is 10.0 Å². The summed E-state index contributed by atoms with van der Waals surface area (Å²) < 4.78 is 0.836. The van der Waals surface area contributed by atoms with Gasteiger partial charge in [0.15, 0.2) is 5.76 Å². The van der Waals surface area contributed by atoms with Crippen LogP contribution in [-0.2, 0) is 9.59 Å². The molecule has 1 aliphatic heterocycles. The van der Waals surface area contributed by atoms with Crippen molar-refractivity contribution in [1.82, 2.24) is 0 Å². The van der Waals surface area contributed by atoms with Crippen LogP contribution in [0.2, 0.25) is 0 Å². The van der Waals surface area contributed by atoms with Gasteiger partial charge in [-0.25, -0.2) is 4.79 Å². The molecule has 0 saturated carbocycles. The van der Waals surface area contributed by atoms with Gasteiger partial charge in [-0.15, -0.1) is 0 Å². The van der Waals surface area contributed by atoms with Gasteiger partial charge in [-0.3, -0.25) is 9.69 Å². The maximum atomic E-state index is 12.5. The number of rotatable bonds is 3. The van der Waals surface area contributed by atoms with Crippen LogP contribution in [0, 0.1) is 6.92 Å². The van der Waals surface area contributed by atoms with Gasteiger partial charge in [-0.05, 0) is 36.8 Å². The van der Waals surface area contributed by atoms with Gasteiger partial charge < -0.3 is 10.2 Å². The summed E-state index contributed by atoms with van der Waals surface area (Å²) in [6.07, 6.45) is 0. The standard InChI is InChI=1S/C18H14BrNO4/c1-10-2-8-13(9-3-10)20-15(11-4-6-12(19)7-5-11)14(18(23)24)16(21)17(20)22/h2-9,15,21H,1H3,(H,23,24). The van der Waals surface area contributed by atoms with Crippen molar-refractivity contribution in [1.29, 1.82) is 0 Å². The SMILES string of the molecule is Cc1ccc(N2C(=O)C(O)=C(C(=O)O)C2c2ccc(Br)cc2)cc1. The van der Waals surface area contributed by atoms with Crippen LogP contribution in [0.4, 0.5) is 5.69 Å². The highest BCUT2D eigenvalue weighted by Gasteiger charge is 2.44. The second-order valence-corrected chi connectivity index (χ2v) is 6.45. The molecule has 2 aromatic rings. The summed E-state index contributed by atoms with van der Waals surface area (Å²) >= 11 is 3.33. The first-order valence-electron chi connectivity index (χ1n) is 7.22. The summed E-state index contributed by atoms with van der Waals surface area (Å²) in [5.74, 6) is -2.76. The molecular formula is C18H14BrNO4. The Hall–Kier alpha value is -2.60. The van der Waals surface area contributed by atoms with E-state index in [1.54, 1.807) is 36.4 Å². The zero-order valence-electron chi connectivity index (χ0n) is 12.7. The Labute approximate surface area is 147 Å². The zero-order valence-corrected chi connectivity index (χ0v) is 14.3. The molecular weight excluding hydrogens is 374 g/mol. The highest BCUT2D eigenvalue weighted by molar-refractivity contribution is 9.10. The van der Waals surface area contributed by atoms with E-state index in [-0.39, 0.29) is 5.57 Å². The number of nitrogens with zero attached hydrogens (tertiary/aromatic N) is 1. The van der Waals surface area contributed by atoms with Gasteiger partial charge in [0.1, 0.15) is 5.57 Å². The number of hydrogen-bond acceptors (Lipinski definition) is 3. The fourth-order valence-electron chi connectivity index (χ4n) is 2.76. The molecule has 0 aromatic heterocycles. The van der Waals surface area contributed by atoms with E-state index in [1.165, 1.54) is 4.90 Å². The Morgan fingerprint density at radius 1 is 1.08 bits per heavy atom. The molecule has 0 spiro atoms. The number of anilines is 1. The largest absolute Gasteiger partial charge is 0.503 e. The van der Waals surface area contributed by atoms with Crippen molar-refractivity contribution in [3.63, 3.8) is 0 Å². The van der Waals surface area contributed by atoms with Crippen LogP contribution >= 0.6 is 15.9 Å². The van der Waals surface area contributed by atoms with E-state index in [1.807, 2.05) is 19.1 Å². The number of aliphatic hydroxyl groups excluding tert-OH is 1. The predicted octanol–water partition coefficient (Wildman–Crippen LogP) is 3.74. The van der Waals surface area contributed by atoms with Crippen molar-refractivity contribution >= 4 is 33.5 Å². The fourth-order valence-corrected chi connectivity index (χ4v) is 3.02. The minimum absolute atomic E-state index is 0.317. The molecule has 0 bridgehead atoms. The summed E-state index contributed by atoms with van der Waals surface area (Å²) in [6, 6.07) is 13.2. The molecule has 6 heteroatoms. The second kappa shape index (κ2) is 6.13. The molecule has 5 nitrogen and oxygen atoms in total. The monoisotopic (exact) mass is 387 g/mol. The lowest BCUT2D eigenvalue weighted by Gasteiger charge is -2.26. The van der Waals surface area contributed by atoms with E-state index in [2.05, 4.69) is 15.9 Å². The molecule has 0 radical (unpaired) electrons. The highest BCUT2D eigenvalue weighted by Crippen LogP contribution is 2.40. The van der Waals surface area contributed by atoms with Crippen LogP contribution in [0.5, 0.6) is 0 Å². The van der Waals surface area contributed by atoms with Crippen LogP contribution in [-0.4, -0.2) is 22.1 Å². The first-order valence-corrected chi connectivity index (χ1v) is 8.01. The number of hydrogen-bond donors (Lipinski definition) is 2. The number of halogens is 1. The summed E-state index contributed by atoms with van der Waals surface area (Å²) in [6.45, 7) is 1.92.